The van der Waals surface area contributed by atoms with Gasteiger partial charge in [-0.25, -0.2) is 0 Å². The monoisotopic (exact) mass is 177 g/mol. The summed E-state index contributed by atoms with van der Waals surface area (Å²) in [6, 6.07) is 2.22. The molecule has 0 spiro atoms. The standard InChI is InChI=1S/C11H15NO/c1-7-4-9-5-12-6-10(9)8(2)11(7)13-3/h4,12H,5-6H2,1-3H3. The van der Waals surface area contributed by atoms with E-state index >= 15 is 0 Å². The molecule has 1 aromatic carbocycles. The highest BCUT2D eigenvalue weighted by Crippen LogP contribution is 2.31. The minimum atomic E-state index is 0.984. The number of rotatable bonds is 1. The van der Waals surface area contributed by atoms with Crippen LogP contribution in [0.25, 0.3) is 0 Å². The molecule has 2 rings (SSSR count). The lowest BCUT2D eigenvalue weighted by atomic mass is 10.00. The Morgan fingerprint density at radius 1 is 1.31 bits per heavy atom. The molecule has 0 saturated heterocycles. The molecule has 0 aliphatic carbocycles. The summed E-state index contributed by atoms with van der Waals surface area (Å²) < 4.78 is 5.37. The first kappa shape index (κ1) is 8.57. The lowest BCUT2D eigenvalue weighted by Gasteiger charge is -2.12. The average molecular weight is 177 g/mol. The first-order valence-electron chi connectivity index (χ1n) is 4.60. The van der Waals surface area contributed by atoms with Crippen molar-refractivity contribution in [1.29, 1.82) is 0 Å². The van der Waals surface area contributed by atoms with Gasteiger partial charge in [0.05, 0.1) is 7.11 Å². The van der Waals surface area contributed by atoms with Crippen LogP contribution in [0.5, 0.6) is 5.75 Å². The fourth-order valence-corrected chi connectivity index (χ4v) is 2.13. The van der Waals surface area contributed by atoms with E-state index in [0.29, 0.717) is 0 Å². The van der Waals surface area contributed by atoms with Gasteiger partial charge in [-0.05, 0) is 36.1 Å². The largest absolute Gasteiger partial charge is 0.496 e. The zero-order valence-electron chi connectivity index (χ0n) is 8.40. The van der Waals surface area contributed by atoms with E-state index in [9.17, 15) is 0 Å². The molecule has 2 nitrogen and oxygen atoms in total. The van der Waals surface area contributed by atoms with Crippen LogP contribution < -0.4 is 10.1 Å². The molecular weight excluding hydrogens is 162 g/mol. The molecule has 1 aliphatic heterocycles. The van der Waals surface area contributed by atoms with E-state index in [4.69, 9.17) is 4.74 Å². The quantitative estimate of drug-likeness (QED) is 0.707. The Hall–Kier alpha value is -1.02. The van der Waals surface area contributed by atoms with Gasteiger partial charge in [-0.15, -0.1) is 0 Å². The molecule has 0 amide bonds. The van der Waals surface area contributed by atoms with Crippen LogP contribution in [-0.2, 0) is 13.1 Å². The number of methoxy groups -OCH3 is 1. The van der Waals surface area contributed by atoms with Crippen molar-refractivity contribution in [2.75, 3.05) is 7.11 Å². The van der Waals surface area contributed by atoms with Crippen molar-refractivity contribution in [2.45, 2.75) is 26.9 Å². The summed E-state index contributed by atoms with van der Waals surface area (Å²) in [5, 5.41) is 3.35. The summed E-state index contributed by atoms with van der Waals surface area (Å²) >= 11 is 0. The summed E-state index contributed by atoms with van der Waals surface area (Å²) in [5.74, 6) is 1.04. The van der Waals surface area contributed by atoms with Crippen molar-refractivity contribution < 1.29 is 4.74 Å². The minimum absolute atomic E-state index is 0.984. The first-order valence-corrected chi connectivity index (χ1v) is 4.60. The third kappa shape index (κ3) is 1.22. The van der Waals surface area contributed by atoms with Crippen molar-refractivity contribution in [1.82, 2.24) is 5.32 Å². The van der Waals surface area contributed by atoms with Crippen molar-refractivity contribution in [3.05, 3.63) is 28.3 Å². The Kier molecular flexibility index (Phi) is 2.00. The number of hydrogen-bond acceptors (Lipinski definition) is 2. The van der Waals surface area contributed by atoms with E-state index in [0.717, 1.165) is 18.8 Å². The molecule has 0 saturated carbocycles. The van der Waals surface area contributed by atoms with Crippen LogP contribution in [0.3, 0.4) is 0 Å². The maximum Gasteiger partial charge on any atom is 0.125 e. The van der Waals surface area contributed by atoms with Crippen LogP contribution in [-0.4, -0.2) is 7.11 Å². The fraction of sp³-hybridized carbons (Fsp3) is 0.455. The molecule has 13 heavy (non-hydrogen) atoms. The lowest BCUT2D eigenvalue weighted by molar-refractivity contribution is 0.408. The number of nitrogens with one attached hydrogen (secondary N) is 1. The second-order valence-electron chi connectivity index (χ2n) is 3.59. The third-order valence-corrected chi connectivity index (χ3v) is 2.75. The summed E-state index contributed by atoms with van der Waals surface area (Å²) in [4.78, 5) is 0. The smallest absolute Gasteiger partial charge is 0.125 e. The maximum absolute atomic E-state index is 5.37. The van der Waals surface area contributed by atoms with Gasteiger partial charge in [-0.1, -0.05) is 6.07 Å². The molecular formula is C11H15NO. The van der Waals surface area contributed by atoms with Gasteiger partial charge in [0.15, 0.2) is 0 Å². The van der Waals surface area contributed by atoms with Gasteiger partial charge in [0.1, 0.15) is 5.75 Å². The van der Waals surface area contributed by atoms with Gasteiger partial charge in [0, 0.05) is 13.1 Å². The first-order chi connectivity index (χ1) is 6.24. The second-order valence-corrected chi connectivity index (χ2v) is 3.59. The highest BCUT2D eigenvalue weighted by molar-refractivity contribution is 5.50. The van der Waals surface area contributed by atoms with E-state index in [1.165, 1.54) is 22.3 Å². The normalized spacial score (nSPS) is 14.4. The van der Waals surface area contributed by atoms with E-state index in [1.807, 2.05) is 0 Å². The summed E-state index contributed by atoms with van der Waals surface area (Å²) in [7, 11) is 1.74. The van der Waals surface area contributed by atoms with Gasteiger partial charge < -0.3 is 10.1 Å². The Morgan fingerprint density at radius 3 is 2.77 bits per heavy atom. The molecule has 0 unspecified atom stereocenters. The van der Waals surface area contributed by atoms with Crippen molar-refractivity contribution >= 4 is 0 Å². The molecule has 0 radical (unpaired) electrons. The van der Waals surface area contributed by atoms with Gasteiger partial charge >= 0.3 is 0 Å². The predicted molar refractivity (Wildman–Crippen MR) is 53.0 cm³/mol. The number of fused-ring (bicyclic) bond motifs is 1. The molecule has 1 N–H and O–H groups in total. The van der Waals surface area contributed by atoms with Crippen LogP contribution in [0.4, 0.5) is 0 Å². The van der Waals surface area contributed by atoms with Crippen molar-refractivity contribution in [2.24, 2.45) is 0 Å². The molecule has 0 atom stereocenters. The molecule has 1 aromatic rings. The van der Waals surface area contributed by atoms with Gasteiger partial charge in [0.2, 0.25) is 0 Å². The molecule has 0 bridgehead atoms. The summed E-state index contributed by atoms with van der Waals surface area (Å²) in [5.41, 5.74) is 5.38. The van der Waals surface area contributed by atoms with E-state index in [2.05, 4.69) is 25.2 Å². The van der Waals surface area contributed by atoms with E-state index in [-0.39, 0.29) is 0 Å². The number of ether oxygens (including phenoxy) is 1. The van der Waals surface area contributed by atoms with Gasteiger partial charge in [-0.2, -0.15) is 0 Å². The van der Waals surface area contributed by atoms with Gasteiger partial charge in [-0.3, -0.25) is 0 Å². The third-order valence-electron chi connectivity index (χ3n) is 2.75. The van der Waals surface area contributed by atoms with Crippen LogP contribution in [0, 0.1) is 13.8 Å². The van der Waals surface area contributed by atoms with E-state index in [1.54, 1.807) is 7.11 Å². The van der Waals surface area contributed by atoms with Crippen LogP contribution in [0.2, 0.25) is 0 Å². The van der Waals surface area contributed by atoms with E-state index < -0.39 is 0 Å². The highest BCUT2D eigenvalue weighted by Gasteiger charge is 2.16. The summed E-state index contributed by atoms with van der Waals surface area (Å²) in [6.45, 7) is 6.22. The molecule has 70 valence electrons. The maximum atomic E-state index is 5.37. The Labute approximate surface area is 78.9 Å². The second kappa shape index (κ2) is 3.04. The van der Waals surface area contributed by atoms with Gasteiger partial charge in [0.25, 0.3) is 0 Å². The van der Waals surface area contributed by atoms with Crippen LogP contribution in [0.1, 0.15) is 22.3 Å². The zero-order valence-corrected chi connectivity index (χ0v) is 8.40. The SMILES string of the molecule is COc1c(C)cc2c(c1C)CNC2. The van der Waals surface area contributed by atoms with Crippen molar-refractivity contribution in [3.63, 3.8) is 0 Å². The number of benzene rings is 1. The fourth-order valence-electron chi connectivity index (χ4n) is 2.13. The Balaban J connectivity index is 2.62. The predicted octanol–water partition coefficient (Wildman–Crippen LogP) is 1.92. The molecule has 1 aliphatic rings. The molecule has 2 heteroatoms. The number of hydrogen-bond donors (Lipinski definition) is 1. The van der Waals surface area contributed by atoms with Crippen molar-refractivity contribution in [3.8, 4) is 5.75 Å². The Bertz CT molecular complexity index is 341. The molecule has 0 fully saturated rings. The highest BCUT2D eigenvalue weighted by atomic mass is 16.5. The van der Waals surface area contributed by atoms with Crippen LogP contribution in [0.15, 0.2) is 6.07 Å². The number of aryl methyl sites for hydroxylation is 1. The Morgan fingerprint density at radius 2 is 2.08 bits per heavy atom. The average Bonchev–Trinajstić information content (AvgIpc) is 2.53. The molecule has 0 aromatic heterocycles. The minimum Gasteiger partial charge on any atom is -0.496 e. The summed E-state index contributed by atoms with van der Waals surface area (Å²) in [6.07, 6.45) is 0. The van der Waals surface area contributed by atoms with Crippen LogP contribution >= 0.6 is 0 Å². The lowest BCUT2D eigenvalue weighted by Crippen LogP contribution is -2.00. The zero-order chi connectivity index (χ0) is 9.42. The molecule has 1 heterocycles. The topological polar surface area (TPSA) is 21.3 Å².